The number of anilines is 1. The zero-order chi connectivity index (χ0) is 24.5. The smallest absolute Gasteiger partial charge is 0.337 e. The molecule has 2 aliphatic rings. The number of carbonyl (C=O) groups excluding carboxylic acids is 3. The van der Waals surface area contributed by atoms with Crippen molar-refractivity contribution >= 4 is 29.4 Å². The number of methoxy groups -OCH3 is 1. The van der Waals surface area contributed by atoms with Crippen LogP contribution >= 0.6 is 0 Å². The van der Waals surface area contributed by atoms with Crippen LogP contribution in [0.3, 0.4) is 0 Å². The van der Waals surface area contributed by atoms with E-state index in [4.69, 9.17) is 4.74 Å². The molecule has 178 valence electrons. The SMILES string of the molecule is COC(=O)c1ccc(C2NC(CO)(C(=O)O)C3C(=O)N(CCNc4ccccc4)C(=O)C23)cc1. The van der Waals surface area contributed by atoms with Crippen LogP contribution in [-0.4, -0.2) is 71.2 Å². The maximum absolute atomic E-state index is 13.4. The Bertz CT molecular complexity index is 1110. The molecule has 2 aromatic carbocycles. The van der Waals surface area contributed by atoms with Gasteiger partial charge in [-0.05, 0) is 29.8 Å². The first kappa shape index (κ1) is 23.4. The molecule has 10 heteroatoms. The number of aliphatic hydroxyl groups excluding tert-OH is 1. The predicted octanol–water partition coefficient (Wildman–Crippen LogP) is 0.646. The Morgan fingerprint density at radius 2 is 1.76 bits per heavy atom. The highest BCUT2D eigenvalue weighted by molar-refractivity contribution is 6.09. The van der Waals surface area contributed by atoms with E-state index < -0.39 is 53.8 Å². The third kappa shape index (κ3) is 3.80. The Hall–Kier alpha value is -3.76. The summed E-state index contributed by atoms with van der Waals surface area (Å²) < 4.78 is 4.69. The highest BCUT2D eigenvalue weighted by Gasteiger charge is 2.68. The average Bonchev–Trinajstić information content (AvgIpc) is 3.34. The van der Waals surface area contributed by atoms with Gasteiger partial charge in [0.25, 0.3) is 0 Å². The van der Waals surface area contributed by atoms with Crippen molar-refractivity contribution in [2.45, 2.75) is 11.6 Å². The van der Waals surface area contributed by atoms with Crippen LogP contribution in [0.1, 0.15) is 22.0 Å². The van der Waals surface area contributed by atoms with Crippen molar-refractivity contribution in [2.24, 2.45) is 11.8 Å². The first-order chi connectivity index (χ1) is 16.3. The topological polar surface area (TPSA) is 145 Å². The fourth-order valence-electron chi connectivity index (χ4n) is 4.79. The largest absolute Gasteiger partial charge is 0.480 e. The number of fused-ring (bicyclic) bond motifs is 1. The molecule has 4 unspecified atom stereocenters. The lowest BCUT2D eigenvalue weighted by Crippen LogP contribution is -2.58. The Balaban J connectivity index is 1.62. The number of benzene rings is 2. The van der Waals surface area contributed by atoms with Gasteiger partial charge in [0.05, 0.1) is 31.1 Å². The lowest BCUT2D eigenvalue weighted by Gasteiger charge is -2.29. The number of rotatable bonds is 8. The van der Waals surface area contributed by atoms with E-state index in [1.54, 1.807) is 12.1 Å². The van der Waals surface area contributed by atoms with Crippen molar-refractivity contribution in [2.75, 3.05) is 32.1 Å². The Labute approximate surface area is 195 Å². The number of nitrogens with zero attached hydrogens (tertiary/aromatic N) is 1. The van der Waals surface area contributed by atoms with Gasteiger partial charge < -0.3 is 20.3 Å². The number of esters is 1. The quantitative estimate of drug-likeness (QED) is 0.325. The van der Waals surface area contributed by atoms with Crippen LogP contribution in [0.5, 0.6) is 0 Å². The zero-order valence-corrected chi connectivity index (χ0v) is 18.4. The van der Waals surface area contributed by atoms with Crippen LogP contribution < -0.4 is 10.6 Å². The van der Waals surface area contributed by atoms with Gasteiger partial charge in [-0.2, -0.15) is 0 Å². The lowest BCUT2D eigenvalue weighted by atomic mass is 9.79. The molecule has 2 saturated heterocycles. The minimum absolute atomic E-state index is 0.0503. The van der Waals surface area contributed by atoms with E-state index in [9.17, 15) is 29.4 Å². The molecule has 2 amide bonds. The Kier molecular flexibility index (Phi) is 6.36. The van der Waals surface area contributed by atoms with Crippen molar-refractivity contribution in [1.29, 1.82) is 0 Å². The number of likely N-dealkylation sites (tertiary alicyclic amines) is 1. The van der Waals surface area contributed by atoms with Crippen molar-refractivity contribution < 1.29 is 34.1 Å². The van der Waals surface area contributed by atoms with Gasteiger partial charge in [0, 0.05) is 24.8 Å². The van der Waals surface area contributed by atoms with Gasteiger partial charge in [-0.3, -0.25) is 24.6 Å². The molecule has 0 bridgehead atoms. The van der Waals surface area contributed by atoms with E-state index in [1.807, 2.05) is 30.3 Å². The summed E-state index contributed by atoms with van der Waals surface area (Å²) in [6, 6.07) is 14.6. The summed E-state index contributed by atoms with van der Waals surface area (Å²) in [5.74, 6) is -5.38. The third-order valence-corrected chi connectivity index (χ3v) is 6.51. The van der Waals surface area contributed by atoms with Crippen molar-refractivity contribution in [3.63, 3.8) is 0 Å². The fourth-order valence-corrected chi connectivity index (χ4v) is 4.79. The number of hydrogen-bond donors (Lipinski definition) is 4. The van der Waals surface area contributed by atoms with E-state index in [1.165, 1.54) is 19.2 Å². The van der Waals surface area contributed by atoms with E-state index >= 15 is 0 Å². The van der Waals surface area contributed by atoms with E-state index in [2.05, 4.69) is 10.6 Å². The maximum atomic E-state index is 13.4. The summed E-state index contributed by atoms with van der Waals surface area (Å²) in [6.45, 7) is -0.532. The lowest BCUT2D eigenvalue weighted by molar-refractivity contribution is -0.153. The average molecular weight is 467 g/mol. The number of para-hydroxylation sites is 1. The summed E-state index contributed by atoms with van der Waals surface area (Å²) >= 11 is 0. The van der Waals surface area contributed by atoms with Crippen LogP contribution in [0, 0.1) is 11.8 Å². The van der Waals surface area contributed by atoms with Gasteiger partial charge in [0.1, 0.15) is 0 Å². The van der Waals surface area contributed by atoms with Gasteiger partial charge in [-0.15, -0.1) is 0 Å². The fraction of sp³-hybridized carbons (Fsp3) is 0.333. The molecule has 0 aromatic heterocycles. The van der Waals surface area contributed by atoms with Gasteiger partial charge in [-0.25, -0.2) is 4.79 Å². The van der Waals surface area contributed by atoms with Gasteiger partial charge >= 0.3 is 11.9 Å². The third-order valence-electron chi connectivity index (χ3n) is 6.51. The van der Waals surface area contributed by atoms with Crippen LogP contribution in [-0.2, 0) is 19.1 Å². The number of hydrogen-bond acceptors (Lipinski definition) is 8. The molecule has 0 radical (unpaired) electrons. The van der Waals surface area contributed by atoms with Gasteiger partial charge in [0.15, 0.2) is 5.54 Å². The molecule has 4 rings (SSSR count). The van der Waals surface area contributed by atoms with Crippen LogP contribution in [0.4, 0.5) is 5.69 Å². The second-order valence-corrected chi connectivity index (χ2v) is 8.29. The highest BCUT2D eigenvalue weighted by atomic mass is 16.5. The number of carboxylic acids is 1. The molecule has 34 heavy (non-hydrogen) atoms. The molecule has 0 saturated carbocycles. The summed E-state index contributed by atoms with van der Waals surface area (Å²) in [4.78, 5) is 51.7. The number of carbonyl (C=O) groups is 4. The van der Waals surface area contributed by atoms with E-state index in [-0.39, 0.29) is 18.7 Å². The summed E-state index contributed by atoms with van der Waals surface area (Å²) in [6.07, 6.45) is 0. The summed E-state index contributed by atoms with van der Waals surface area (Å²) in [5, 5.41) is 26.0. The summed E-state index contributed by atoms with van der Waals surface area (Å²) in [5.41, 5.74) is -0.383. The molecular formula is C24H25N3O7. The second kappa shape index (κ2) is 9.24. The van der Waals surface area contributed by atoms with Gasteiger partial charge in [0.2, 0.25) is 11.8 Å². The summed E-state index contributed by atoms with van der Waals surface area (Å²) in [7, 11) is 1.26. The maximum Gasteiger partial charge on any atom is 0.337 e. The minimum atomic E-state index is -2.01. The molecule has 2 heterocycles. The standard InChI is InChI=1S/C24H25N3O7/c1-34-22(31)15-9-7-14(8-10-15)19-17-18(24(13-28,26-19)23(32)33)21(30)27(20(17)29)12-11-25-16-5-3-2-4-6-16/h2-10,17-19,25-26,28H,11-13H2,1H3,(H,32,33). The molecule has 2 aromatic rings. The minimum Gasteiger partial charge on any atom is -0.480 e. The monoisotopic (exact) mass is 467 g/mol. The number of aliphatic carboxylic acids is 1. The first-order valence-electron chi connectivity index (χ1n) is 10.8. The molecule has 0 spiro atoms. The number of amides is 2. The number of imide groups is 1. The first-order valence-corrected chi connectivity index (χ1v) is 10.8. The molecule has 2 aliphatic heterocycles. The van der Waals surface area contributed by atoms with Crippen LogP contribution in [0.15, 0.2) is 54.6 Å². The number of ether oxygens (including phenoxy) is 1. The molecule has 2 fully saturated rings. The van der Waals surface area contributed by atoms with Crippen LogP contribution in [0.25, 0.3) is 0 Å². The molecule has 4 atom stereocenters. The second-order valence-electron chi connectivity index (χ2n) is 8.29. The van der Waals surface area contributed by atoms with Crippen molar-refractivity contribution in [3.05, 3.63) is 65.7 Å². The molecule has 10 nitrogen and oxygen atoms in total. The molecule has 4 N–H and O–H groups in total. The number of nitrogens with one attached hydrogen (secondary N) is 2. The van der Waals surface area contributed by atoms with Gasteiger partial charge in [-0.1, -0.05) is 30.3 Å². The highest BCUT2D eigenvalue weighted by Crippen LogP contribution is 2.48. The van der Waals surface area contributed by atoms with Crippen molar-refractivity contribution in [3.8, 4) is 0 Å². The number of carboxylic acid groups (broad SMARTS) is 1. The van der Waals surface area contributed by atoms with E-state index in [0.29, 0.717) is 5.56 Å². The predicted molar refractivity (Wildman–Crippen MR) is 120 cm³/mol. The normalized spacial score (nSPS) is 25.8. The van der Waals surface area contributed by atoms with Crippen molar-refractivity contribution in [1.82, 2.24) is 10.2 Å². The number of aliphatic hydroxyl groups is 1. The molecule has 0 aliphatic carbocycles. The van der Waals surface area contributed by atoms with E-state index in [0.717, 1.165) is 10.6 Å². The molecular weight excluding hydrogens is 442 g/mol. The zero-order valence-electron chi connectivity index (χ0n) is 18.4. The Morgan fingerprint density at radius 3 is 2.35 bits per heavy atom. The Morgan fingerprint density at radius 1 is 1.09 bits per heavy atom. The van der Waals surface area contributed by atoms with Crippen LogP contribution in [0.2, 0.25) is 0 Å².